The maximum atomic E-state index is 4.41. The van der Waals surface area contributed by atoms with Gasteiger partial charge >= 0.3 is 0 Å². The van der Waals surface area contributed by atoms with Gasteiger partial charge in [-0.3, -0.25) is 5.10 Å². The third-order valence-electron chi connectivity index (χ3n) is 2.48. The molecule has 0 aliphatic carbocycles. The number of H-pyrrole nitrogens is 1. The Balaban J connectivity index is 1.82. The van der Waals surface area contributed by atoms with E-state index in [0.717, 1.165) is 37.8 Å². The summed E-state index contributed by atoms with van der Waals surface area (Å²) in [5.41, 5.74) is 0.749. The molecule has 84 valence electrons. The van der Waals surface area contributed by atoms with Gasteiger partial charge < -0.3 is 10.2 Å². The number of aromatic amines is 1. The van der Waals surface area contributed by atoms with Crippen LogP contribution in [0.3, 0.4) is 0 Å². The molecule has 1 aliphatic heterocycles. The van der Waals surface area contributed by atoms with Crippen molar-refractivity contribution >= 4 is 17.5 Å². The molecule has 0 atom stereocenters. The Morgan fingerprint density at radius 3 is 2.94 bits per heavy atom. The largest absolute Gasteiger partial charge is 0.337 e. The van der Waals surface area contributed by atoms with Crippen molar-refractivity contribution < 1.29 is 0 Å². The number of piperazine rings is 1. The lowest BCUT2D eigenvalue weighted by molar-refractivity contribution is 0.580. The predicted octanol–water partition coefficient (Wildman–Crippen LogP) is -0.267. The van der Waals surface area contributed by atoms with E-state index in [9.17, 15) is 0 Å². The Hall–Kier alpha value is -1.54. The summed E-state index contributed by atoms with van der Waals surface area (Å²) >= 11 is 1.31. The van der Waals surface area contributed by atoms with Crippen LogP contribution in [-0.2, 0) is 0 Å². The van der Waals surface area contributed by atoms with Crippen LogP contribution in [0.15, 0.2) is 5.38 Å². The van der Waals surface area contributed by atoms with E-state index in [1.165, 1.54) is 11.5 Å². The van der Waals surface area contributed by atoms with Gasteiger partial charge in [0.05, 0.1) is 0 Å². The lowest BCUT2D eigenvalue weighted by Crippen LogP contribution is -2.44. The Kier molecular flexibility index (Phi) is 2.50. The number of nitrogens with one attached hydrogen (secondary N) is 2. The van der Waals surface area contributed by atoms with Crippen molar-refractivity contribution in [2.75, 3.05) is 31.1 Å². The molecule has 0 saturated carbocycles. The van der Waals surface area contributed by atoms with Crippen LogP contribution in [0.5, 0.6) is 0 Å². The molecule has 0 amide bonds. The first kappa shape index (κ1) is 9.67. The summed E-state index contributed by atoms with van der Waals surface area (Å²) in [7, 11) is 0. The Bertz CT molecular complexity index is 445. The molecule has 8 heteroatoms. The maximum Gasteiger partial charge on any atom is 0.245 e. The molecule has 1 saturated heterocycles. The van der Waals surface area contributed by atoms with Gasteiger partial charge in [-0.15, -0.1) is 10.2 Å². The van der Waals surface area contributed by atoms with Crippen molar-refractivity contribution in [3.63, 3.8) is 0 Å². The van der Waals surface area contributed by atoms with Crippen LogP contribution in [0.4, 0.5) is 5.95 Å². The molecular weight excluding hydrogens is 226 g/mol. The lowest BCUT2D eigenvalue weighted by Gasteiger charge is -2.25. The van der Waals surface area contributed by atoms with E-state index in [0.29, 0.717) is 5.82 Å². The number of nitrogens with zero attached hydrogens (tertiary/aromatic N) is 5. The fourth-order valence-corrected chi connectivity index (χ4v) is 2.08. The van der Waals surface area contributed by atoms with Crippen LogP contribution >= 0.6 is 11.5 Å². The molecule has 2 aromatic rings. The molecule has 0 spiro atoms. The van der Waals surface area contributed by atoms with E-state index >= 15 is 0 Å². The summed E-state index contributed by atoms with van der Waals surface area (Å²) in [5, 5.41) is 16.2. The number of rotatable bonds is 2. The van der Waals surface area contributed by atoms with E-state index in [2.05, 4.69) is 35.0 Å². The molecule has 0 unspecified atom stereocenters. The minimum absolute atomic E-state index is 0.683. The van der Waals surface area contributed by atoms with Gasteiger partial charge in [0.1, 0.15) is 5.69 Å². The molecule has 2 aromatic heterocycles. The smallest absolute Gasteiger partial charge is 0.245 e. The van der Waals surface area contributed by atoms with E-state index in [1.54, 1.807) is 0 Å². The van der Waals surface area contributed by atoms with Crippen molar-refractivity contribution in [3.8, 4) is 11.5 Å². The molecule has 1 fully saturated rings. The van der Waals surface area contributed by atoms with E-state index in [4.69, 9.17) is 0 Å². The first-order valence-corrected chi connectivity index (χ1v) is 5.92. The summed E-state index contributed by atoms with van der Waals surface area (Å²) < 4.78 is 3.80. The zero-order valence-corrected chi connectivity index (χ0v) is 9.37. The number of hydrogen-bond acceptors (Lipinski definition) is 7. The van der Waals surface area contributed by atoms with Crippen LogP contribution in [-0.4, -0.2) is 50.9 Å². The van der Waals surface area contributed by atoms with Crippen molar-refractivity contribution in [1.29, 1.82) is 0 Å². The van der Waals surface area contributed by atoms with Crippen molar-refractivity contribution in [2.45, 2.75) is 0 Å². The summed E-state index contributed by atoms with van der Waals surface area (Å²) in [6.07, 6.45) is 0. The molecule has 3 heterocycles. The van der Waals surface area contributed by atoms with Gasteiger partial charge in [0, 0.05) is 31.6 Å². The van der Waals surface area contributed by atoms with Crippen molar-refractivity contribution in [1.82, 2.24) is 30.1 Å². The number of anilines is 1. The number of aromatic nitrogens is 5. The Morgan fingerprint density at radius 1 is 1.31 bits per heavy atom. The minimum atomic E-state index is 0.683. The number of hydrogen-bond donors (Lipinski definition) is 2. The zero-order chi connectivity index (χ0) is 10.8. The highest BCUT2D eigenvalue weighted by Gasteiger charge is 2.16. The molecule has 16 heavy (non-hydrogen) atoms. The van der Waals surface area contributed by atoms with Gasteiger partial charge in [0.15, 0.2) is 5.82 Å². The second kappa shape index (κ2) is 4.14. The molecule has 1 aliphatic rings. The zero-order valence-electron chi connectivity index (χ0n) is 8.55. The van der Waals surface area contributed by atoms with Crippen LogP contribution in [0.1, 0.15) is 0 Å². The van der Waals surface area contributed by atoms with Crippen molar-refractivity contribution in [2.24, 2.45) is 0 Å². The summed E-state index contributed by atoms with van der Waals surface area (Å²) in [6, 6.07) is 0. The predicted molar refractivity (Wildman–Crippen MR) is 60.4 cm³/mol. The standard InChI is InChI=1S/C8H11N7S/c1-3-15(4-2-9-1)8-10-7(12-13-8)6-5-16-14-11-6/h5,9H,1-4H2,(H,10,12,13). The van der Waals surface area contributed by atoms with Gasteiger partial charge in [-0.2, -0.15) is 4.98 Å². The van der Waals surface area contributed by atoms with Gasteiger partial charge in [-0.1, -0.05) is 4.49 Å². The summed E-state index contributed by atoms with van der Waals surface area (Å²) in [4.78, 5) is 6.56. The lowest BCUT2D eigenvalue weighted by atomic mass is 10.4. The highest BCUT2D eigenvalue weighted by molar-refractivity contribution is 7.03. The fraction of sp³-hybridized carbons (Fsp3) is 0.500. The van der Waals surface area contributed by atoms with E-state index in [1.807, 2.05) is 5.38 Å². The molecule has 7 nitrogen and oxygen atoms in total. The second-order valence-corrected chi connectivity index (χ2v) is 4.12. The van der Waals surface area contributed by atoms with Gasteiger partial charge in [0.2, 0.25) is 5.95 Å². The second-order valence-electron chi connectivity index (χ2n) is 3.51. The summed E-state index contributed by atoms with van der Waals surface area (Å²) in [5.74, 6) is 1.42. The maximum absolute atomic E-state index is 4.41. The first-order valence-electron chi connectivity index (χ1n) is 5.09. The van der Waals surface area contributed by atoms with Crippen LogP contribution in [0, 0.1) is 0 Å². The highest BCUT2D eigenvalue weighted by atomic mass is 32.1. The SMILES string of the molecule is c1snnc1-c1nc(N2CCNCC2)n[nH]1. The Labute approximate surface area is 96.1 Å². The molecule has 0 radical (unpaired) electrons. The van der Waals surface area contributed by atoms with E-state index < -0.39 is 0 Å². The highest BCUT2D eigenvalue weighted by Crippen LogP contribution is 2.16. The van der Waals surface area contributed by atoms with Crippen LogP contribution in [0.2, 0.25) is 0 Å². The average Bonchev–Trinajstić information content (AvgIpc) is 3.01. The monoisotopic (exact) mass is 237 g/mol. The minimum Gasteiger partial charge on any atom is -0.337 e. The van der Waals surface area contributed by atoms with Gasteiger partial charge in [0.25, 0.3) is 0 Å². The van der Waals surface area contributed by atoms with Crippen molar-refractivity contribution in [3.05, 3.63) is 5.38 Å². The first-order chi connectivity index (χ1) is 7.93. The quantitative estimate of drug-likeness (QED) is 0.748. The topological polar surface area (TPSA) is 82.6 Å². The van der Waals surface area contributed by atoms with Gasteiger partial charge in [-0.25, -0.2) is 0 Å². The molecule has 2 N–H and O–H groups in total. The van der Waals surface area contributed by atoms with Crippen LogP contribution in [0.25, 0.3) is 11.5 Å². The molecular formula is C8H11N7S. The average molecular weight is 237 g/mol. The fourth-order valence-electron chi connectivity index (χ4n) is 1.64. The molecule has 0 bridgehead atoms. The van der Waals surface area contributed by atoms with Crippen LogP contribution < -0.4 is 10.2 Å². The van der Waals surface area contributed by atoms with E-state index in [-0.39, 0.29) is 0 Å². The molecule has 0 aromatic carbocycles. The third kappa shape index (κ3) is 1.76. The Morgan fingerprint density at radius 2 is 2.19 bits per heavy atom. The van der Waals surface area contributed by atoms with Gasteiger partial charge in [-0.05, 0) is 11.5 Å². The normalized spacial score (nSPS) is 16.6. The molecule has 3 rings (SSSR count). The summed E-state index contributed by atoms with van der Waals surface area (Å²) in [6.45, 7) is 3.82. The third-order valence-corrected chi connectivity index (χ3v) is 2.98.